The van der Waals surface area contributed by atoms with Gasteiger partial charge in [-0.25, -0.2) is 4.98 Å². The van der Waals surface area contributed by atoms with Crippen molar-refractivity contribution in [2.24, 2.45) is 0 Å². The van der Waals surface area contributed by atoms with Gasteiger partial charge in [0.25, 0.3) is 5.91 Å². The molecule has 1 saturated heterocycles. The second kappa shape index (κ2) is 5.56. The minimum absolute atomic E-state index is 0.0817. The summed E-state index contributed by atoms with van der Waals surface area (Å²) >= 11 is 1.69. The number of nitrogens with one attached hydrogen (secondary N) is 1. The average molecular weight is 282 g/mol. The summed E-state index contributed by atoms with van der Waals surface area (Å²) in [5.74, 6) is 0.546. The number of rotatable bonds is 4. The van der Waals surface area contributed by atoms with Gasteiger partial charge in [0.2, 0.25) is 0 Å². The van der Waals surface area contributed by atoms with Gasteiger partial charge in [0, 0.05) is 11.3 Å². The molecule has 5 nitrogen and oxygen atoms in total. The molecule has 2 fully saturated rings. The van der Waals surface area contributed by atoms with E-state index in [9.17, 15) is 4.79 Å². The number of carbonyl (C=O) groups excluding carboxylic acids is 1. The zero-order valence-corrected chi connectivity index (χ0v) is 11.7. The molecule has 0 unspecified atom stereocenters. The molecule has 1 N–H and O–H groups in total. The standard InChI is InChI=1S/C13H18N2O3S/c1-8(10-7-19-13(15-10)9-2-3-9)14-12(16)11-6-17-4-5-18-11/h7-9,11H,2-6H2,1H3,(H,14,16)/t8-,11-/m0/s1. The fourth-order valence-corrected chi connectivity index (χ4v) is 3.12. The number of thiazole rings is 1. The molecule has 3 rings (SSSR count). The number of aromatic nitrogens is 1. The maximum atomic E-state index is 12.0. The third-order valence-corrected chi connectivity index (χ3v) is 4.40. The number of carbonyl (C=O) groups is 1. The quantitative estimate of drug-likeness (QED) is 0.911. The van der Waals surface area contributed by atoms with Crippen molar-refractivity contribution in [1.29, 1.82) is 0 Å². The van der Waals surface area contributed by atoms with Crippen LogP contribution in [0.1, 0.15) is 42.4 Å². The maximum absolute atomic E-state index is 12.0. The van der Waals surface area contributed by atoms with Crippen LogP contribution in [0, 0.1) is 0 Å². The summed E-state index contributed by atoms with van der Waals surface area (Å²) in [4.78, 5) is 16.6. The Kier molecular flexibility index (Phi) is 3.81. The second-order valence-electron chi connectivity index (χ2n) is 5.05. The Labute approximate surface area is 116 Å². The van der Waals surface area contributed by atoms with Crippen LogP contribution < -0.4 is 5.32 Å². The number of nitrogens with zero attached hydrogens (tertiary/aromatic N) is 1. The van der Waals surface area contributed by atoms with E-state index in [0.29, 0.717) is 25.7 Å². The van der Waals surface area contributed by atoms with Gasteiger partial charge in [-0.15, -0.1) is 11.3 Å². The normalized spacial score (nSPS) is 25.0. The third kappa shape index (κ3) is 3.13. The summed E-state index contributed by atoms with van der Waals surface area (Å²) in [7, 11) is 0. The molecule has 1 aliphatic heterocycles. The first kappa shape index (κ1) is 13.0. The molecule has 104 valence electrons. The molecule has 1 aliphatic carbocycles. The third-order valence-electron chi connectivity index (χ3n) is 3.38. The summed E-state index contributed by atoms with van der Waals surface area (Å²) < 4.78 is 10.6. The van der Waals surface area contributed by atoms with Crippen molar-refractivity contribution in [1.82, 2.24) is 10.3 Å². The van der Waals surface area contributed by atoms with E-state index in [-0.39, 0.29) is 11.9 Å². The van der Waals surface area contributed by atoms with E-state index >= 15 is 0 Å². The highest BCUT2D eigenvalue weighted by atomic mass is 32.1. The fraction of sp³-hybridized carbons (Fsp3) is 0.692. The van der Waals surface area contributed by atoms with Gasteiger partial charge in [-0.2, -0.15) is 0 Å². The summed E-state index contributed by atoms with van der Waals surface area (Å²) in [6.07, 6.45) is 2.01. The Morgan fingerprint density at radius 2 is 2.37 bits per heavy atom. The van der Waals surface area contributed by atoms with Crippen LogP contribution in [-0.2, 0) is 14.3 Å². The van der Waals surface area contributed by atoms with Crippen LogP contribution >= 0.6 is 11.3 Å². The number of hydrogen-bond donors (Lipinski definition) is 1. The predicted molar refractivity (Wildman–Crippen MR) is 71.2 cm³/mol. The van der Waals surface area contributed by atoms with Gasteiger partial charge in [-0.05, 0) is 19.8 Å². The monoisotopic (exact) mass is 282 g/mol. The molecule has 1 saturated carbocycles. The highest BCUT2D eigenvalue weighted by molar-refractivity contribution is 7.09. The van der Waals surface area contributed by atoms with Crippen LogP contribution in [0.2, 0.25) is 0 Å². The molecule has 0 bridgehead atoms. The van der Waals surface area contributed by atoms with Crippen LogP contribution in [0.5, 0.6) is 0 Å². The van der Waals surface area contributed by atoms with Crippen molar-refractivity contribution in [3.8, 4) is 0 Å². The van der Waals surface area contributed by atoms with Gasteiger partial charge < -0.3 is 14.8 Å². The van der Waals surface area contributed by atoms with Crippen molar-refractivity contribution >= 4 is 17.2 Å². The minimum atomic E-state index is -0.488. The van der Waals surface area contributed by atoms with E-state index in [1.165, 1.54) is 17.8 Å². The summed E-state index contributed by atoms with van der Waals surface area (Å²) in [5, 5.41) is 6.18. The maximum Gasteiger partial charge on any atom is 0.252 e. The molecule has 0 radical (unpaired) electrons. The fourth-order valence-electron chi connectivity index (χ4n) is 2.04. The van der Waals surface area contributed by atoms with Crippen LogP contribution in [0.3, 0.4) is 0 Å². The Morgan fingerprint density at radius 3 is 3.05 bits per heavy atom. The summed E-state index contributed by atoms with van der Waals surface area (Å²) in [6, 6.07) is -0.0817. The average Bonchev–Trinajstić information content (AvgIpc) is 3.17. The Balaban J connectivity index is 1.56. The van der Waals surface area contributed by atoms with E-state index in [1.54, 1.807) is 11.3 Å². The topological polar surface area (TPSA) is 60.5 Å². The Bertz CT molecular complexity index is 452. The Morgan fingerprint density at radius 1 is 1.53 bits per heavy atom. The van der Waals surface area contributed by atoms with E-state index < -0.39 is 6.10 Å². The van der Waals surface area contributed by atoms with Gasteiger partial charge in [-0.3, -0.25) is 4.79 Å². The van der Waals surface area contributed by atoms with Crippen LogP contribution in [0.4, 0.5) is 0 Å². The lowest BCUT2D eigenvalue weighted by Gasteiger charge is -2.23. The minimum Gasteiger partial charge on any atom is -0.376 e. The second-order valence-corrected chi connectivity index (χ2v) is 5.94. The smallest absolute Gasteiger partial charge is 0.252 e. The van der Waals surface area contributed by atoms with Crippen molar-refractivity contribution in [3.05, 3.63) is 16.1 Å². The van der Waals surface area contributed by atoms with Crippen molar-refractivity contribution in [2.45, 2.75) is 37.8 Å². The van der Waals surface area contributed by atoms with Gasteiger partial charge in [-0.1, -0.05) is 0 Å². The summed E-state index contributed by atoms with van der Waals surface area (Å²) in [6.45, 7) is 3.33. The molecule has 0 aromatic carbocycles. The van der Waals surface area contributed by atoms with Crippen molar-refractivity contribution in [3.63, 3.8) is 0 Å². The molecule has 2 atom stereocenters. The molecule has 19 heavy (non-hydrogen) atoms. The number of hydrogen-bond acceptors (Lipinski definition) is 5. The van der Waals surface area contributed by atoms with Crippen LogP contribution in [-0.4, -0.2) is 36.8 Å². The molecule has 1 amide bonds. The lowest BCUT2D eigenvalue weighted by molar-refractivity contribution is -0.148. The highest BCUT2D eigenvalue weighted by Gasteiger charge is 2.28. The lowest BCUT2D eigenvalue weighted by atomic mass is 10.2. The van der Waals surface area contributed by atoms with E-state index in [2.05, 4.69) is 10.3 Å². The van der Waals surface area contributed by atoms with E-state index in [0.717, 1.165) is 5.69 Å². The SMILES string of the molecule is C[C@H](NC(=O)[C@@H]1COCCO1)c1csc(C2CC2)n1. The molecule has 6 heteroatoms. The van der Waals surface area contributed by atoms with E-state index in [4.69, 9.17) is 9.47 Å². The summed E-state index contributed by atoms with van der Waals surface area (Å²) in [5.41, 5.74) is 0.942. The van der Waals surface area contributed by atoms with E-state index in [1.807, 2.05) is 12.3 Å². The molecule has 1 aromatic rings. The highest BCUT2D eigenvalue weighted by Crippen LogP contribution is 2.41. The molecule has 1 aromatic heterocycles. The van der Waals surface area contributed by atoms with Gasteiger partial charge in [0.05, 0.1) is 36.6 Å². The van der Waals surface area contributed by atoms with Crippen molar-refractivity contribution < 1.29 is 14.3 Å². The molecular formula is C13H18N2O3S. The number of ether oxygens (including phenoxy) is 2. The first-order chi connectivity index (χ1) is 9.24. The van der Waals surface area contributed by atoms with Gasteiger partial charge in [0.15, 0.2) is 6.10 Å². The molecule has 0 spiro atoms. The predicted octanol–water partition coefficient (Wildman–Crippen LogP) is 1.61. The van der Waals surface area contributed by atoms with Gasteiger partial charge in [0.1, 0.15) is 0 Å². The first-order valence-electron chi connectivity index (χ1n) is 6.69. The first-order valence-corrected chi connectivity index (χ1v) is 7.57. The molecule has 2 heterocycles. The largest absolute Gasteiger partial charge is 0.376 e. The zero-order valence-electron chi connectivity index (χ0n) is 10.9. The number of amides is 1. The van der Waals surface area contributed by atoms with Crippen LogP contribution in [0.15, 0.2) is 5.38 Å². The van der Waals surface area contributed by atoms with Crippen molar-refractivity contribution in [2.75, 3.05) is 19.8 Å². The molecular weight excluding hydrogens is 264 g/mol. The Hall–Kier alpha value is -0.980. The van der Waals surface area contributed by atoms with Gasteiger partial charge >= 0.3 is 0 Å². The lowest BCUT2D eigenvalue weighted by Crippen LogP contribution is -2.43. The van der Waals surface area contributed by atoms with Crippen LogP contribution in [0.25, 0.3) is 0 Å². The zero-order chi connectivity index (χ0) is 13.2. The molecule has 2 aliphatic rings.